The number of carbonyl (C=O) groups excluding carboxylic acids is 1. The zero-order chi connectivity index (χ0) is 24.4. The van der Waals surface area contributed by atoms with Crippen LogP contribution in [0.3, 0.4) is 0 Å². The third kappa shape index (κ3) is 3.25. The van der Waals surface area contributed by atoms with Gasteiger partial charge in [0.2, 0.25) is 5.82 Å². The number of benzene rings is 2. The Labute approximate surface area is 186 Å². The van der Waals surface area contributed by atoms with Gasteiger partial charge in [-0.05, 0) is 46.3 Å². The number of amides is 1. The molecule has 4 nitrogen and oxygen atoms in total. The van der Waals surface area contributed by atoms with Gasteiger partial charge < -0.3 is 4.57 Å². The molecule has 0 spiro atoms. The lowest BCUT2D eigenvalue weighted by atomic mass is 10.0. The van der Waals surface area contributed by atoms with Crippen LogP contribution in [-0.2, 0) is 4.79 Å². The van der Waals surface area contributed by atoms with Gasteiger partial charge in [-0.3, -0.25) is 4.79 Å². The minimum Gasteiger partial charge on any atom is -0.342 e. The van der Waals surface area contributed by atoms with E-state index < -0.39 is 40.7 Å². The minimum absolute atomic E-state index is 0.00801. The Kier molecular flexibility index (Phi) is 5.38. The number of halogens is 5. The van der Waals surface area contributed by atoms with E-state index in [4.69, 9.17) is 0 Å². The van der Waals surface area contributed by atoms with E-state index in [2.05, 4.69) is 9.67 Å². The molecule has 172 valence electrons. The third-order valence-corrected chi connectivity index (χ3v) is 5.79. The number of nitrogens with zero attached hydrogens (tertiary/aromatic N) is 3. The molecule has 0 fully saturated rings. The standard InChI is InChI=1S/C24H20F5N3O/c1-10(2)31-13(5)16(14-8-6-7-11(3)22(14)31)9-15-12(4)30-32(24(15)33)23-20(28)18(26)17(25)19(27)21(23)29/h6-10H,1-5H3/b15-9+. The van der Waals surface area contributed by atoms with E-state index in [0.717, 1.165) is 22.2 Å². The van der Waals surface area contributed by atoms with Crippen LogP contribution < -0.4 is 5.01 Å². The smallest absolute Gasteiger partial charge is 0.280 e. The second-order valence-electron chi connectivity index (χ2n) is 8.21. The van der Waals surface area contributed by atoms with Crippen LogP contribution in [0.5, 0.6) is 0 Å². The number of fused-ring (bicyclic) bond motifs is 1. The number of hydrogen-bond donors (Lipinski definition) is 0. The topological polar surface area (TPSA) is 37.6 Å². The number of carbonyl (C=O) groups is 1. The zero-order valence-electron chi connectivity index (χ0n) is 18.5. The molecular formula is C24H20F5N3O. The quantitative estimate of drug-likeness (QED) is 0.194. The average Bonchev–Trinajstić information content (AvgIpc) is 3.20. The molecule has 1 amide bonds. The maximum atomic E-state index is 14.3. The van der Waals surface area contributed by atoms with Crippen molar-refractivity contribution in [1.82, 2.24) is 4.57 Å². The van der Waals surface area contributed by atoms with E-state index in [-0.39, 0.29) is 22.3 Å². The van der Waals surface area contributed by atoms with Crippen molar-refractivity contribution in [2.45, 2.75) is 40.7 Å². The fourth-order valence-corrected chi connectivity index (χ4v) is 4.28. The molecule has 0 unspecified atom stereocenters. The molecular weight excluding hydrogens is 441 g/mol. The van der Waals surface area contributed by atoms with Crippen molar-refractivity contribution in [3.63, 3.8) is 0 Å². The van der Waals surface area contributed by atoms with Gasteiger partial charge in [0.05, 0.1) is 16.8 Å². The van der Waals surface area contributed by atoms with Crippen LogP contribution in [0.1, 0.15) is 43.6 Å². The summed E-state index contributed by atoms with van der Waals surface area (Å²) in [5, 5.41) is 4.90. The lowest BCUT2D eigenvalue weighted by Crippen LogP contribution is -2.25. The maximum absolute atomic E-state index is 14.3. The second kappa shape index (κ2) is 7.83. The molecule has 1 aliphatic rings. The highest BCUT2D eigenvalue weighted by Crippen LogP contribution is 2.36. The molecule has 9 heteroatoms. The van der Waals surface area contributed by atoms with Crippen LogP contribution in [-0.4, -0.2) is 16.2 Å². The van der Waals surface area contributed by atoms with Crippen molar-refractivity contribution in [2.24, 2.45) is 5.10 Å². The van der Waals surface area contributed by atoms with Gasteiger partial charge in [-0.15, -0.1) is 0 Å². The second-order valence-corrected chi connectivity index (χ2v) is 8.21. The number of aromatic nitrogens is 1. The number of anilines is 1. The van der Waals surface area contributed by atoms with Gasteiger partial charge in [0, 0.05) is 22.7 Å². The summed E-state index contributed by atoms with van der Waals surface area (Å²) < 4.78 is 71.6. The fraction of sp³-hybridized carbons (Fsp3) is 0.250. The Morgan fingerprint density at radius 1 is 0.909 bits per heavy atom. The van der Waals surface area contributed by atoms with Gasteiger partial charge in [0.1, 0.15) is 5.69 Å². The van der Waals surface area contributed by atoms with Crippen LogP contribution >= 0.6 is 0 Å². The summed E-state index contributed by atoms with van der Waals surface area (Å²) in [5.41, 5.74) is 2.24. The molecule has 33 heavy (non-hydrogen) atoms. The predicted molar refractivity (Wildman–Crippen MR) is 117 cm³/mol. The van der Waals surface area contributed by atoms with Crippen LogP contribution in [0.2, 0.25) is 0 Å². The lowest BCUT2D eigenvalue weighted by Gasteiger charge is -2.15. The summed E-state index contributed by atoms with van der Waals surface area (Å²) in [6.45, 7) is 9.33. The summed E-state index contributed by atoms with van der Waals surface area (Å²) >= 11 is 0. The van der Waals surface area contributed by atoms with Crippen molar-refractivity contribution in [2.75, 3.05) is 5.01 Å². The Morgan fingerprint density at radius 2 is 1.48 bits per heavy atom. The van der Waals surface area contributed by atoms with E-state index >= 15 is 0 Å². The molecule has 0 saturated carbocycles. The van der Waals surface area contributed by atoms with Crippen LogP contribution in [0.25, 0.3) is 17.0 Å². The van der Waals surface area contributed by atoms with Crippen LogP contribution in [0, 0.1) is 42.9 Å². The monoisotopic (exact) mass is 461 g/mol. The summed E-state index contributed by atoms with van der Waals surface area (Å²) in [6.07, 6.45) is 1.54. The number of hydrogen-bond acceptors (Lipinski definition) is 2. The van der Waals surface area contributed by atoms with E-state index in [1.165, 1.54) is 6.92 Å². The summed E-state index contributed by atoms with van der Waals surface area (Å²) in [6, 6.07) is 5.85. The van der Waals surface area contributed by atoms with E-state index in [1.807, 2.05) is 45.9 Å². The first kappa shape index (κ1) is 22.7. The zero-order valence-corrected chi connectivity index (χ0v) is 18.5. The summed E-state index contributed by atoms with van der Waals surface area (Å²) in [4.78, 5) is 13.1. The molecule has 0 aliphatic carbocycles. The molecule has 2 heterocycles. The molecule has 0 radical (unpaired) electrons. The van der Waals surface area contributed by atoms with Crippen molar-refractivity contribution in [3.8, 4) is 0 Å². The Balaban J connectivity index is 1.90. The lowest BCUT2D eigenvalue weighted by molar-refractivity contribution is -0.114. The number of hydrazone groups is 1. The molecule has 0 N–H and O–H groups in total. The van der Waals surface area contributed by atoms with Gasteiger partial charge in [-0.1, -0.05) is 18.2 Å². The molecule has 0 saturated heterocycles. The highest BCUT2D eigenvalue weighted by Gasteiger charge is 2.37. The first-order valence-corrected chi connectivity index (χ1v) is 10.2. The van der Waals surface area contributed by atoms with Gasteiger partial charge in [0.25, 0.3) is 5.91 Å². The molecule has 1 aliphatic heterocycles. The van der Waals surface area contributed by atoms with Gasteiger partial charge in [-0.2, -0.15) is 10.1 Å². The number of aryl methyl sites for hydroxylation is 1. The molecule has 3 aromatic rings. The van der Waals surface area contributed by atoms with E-state index in [0.29, 0.717) is 5.56 Å². The SMILES string of the molecule is CC1=NN(c2c(F)c(F)c(F)c(F)c2F)C(=O)/C1=C/c1c(C)n(C(C)C)c2c(C)cccc12. The molecule has 4 rings (SSSR count). The van der Waals surface area contributed by atoms with E-state index in [1.54, 1.807) is 6.08 Å². The van der Waals surface area contributed by atoms with Crippen molar-refractivity contribution >= 4 is 34.3 Å². The first-order chi connectivity index (χ1) is 15.5. The maximum Gasteiger partial charge on any atom is 0.280 e. The van der Waals surface area contributed by atoms with Crippen LogP contribution in [0.4, 0.5) is 27.6 Å². The largest absolute Gasteiger partial charge is 0.342 e. The van der Waals surface area contributed by atoms with Crippen LogP contribution in [0.15, 0.2) is 28.9 Å². The van der Waals surface area contributed by atoms with Gasteiger partial charge in [-0.25, -0.2) is 22.0 Å². The highest BCUT2D eigenvalue weighted by molar-refractivity contribution is 6.32. The minimum atomic E-state index is -2.30. The first-order valence-electron chi connectivity index (χ1n) is 10.2. The van der Waals surface area contributed by atoms with Crippen molar-refractivity contribution in [1.29, 1.82) is 0 Å². The molecule has 2 aromatic carbocycles. The molecule has 0 atom stereocenters. The van der Waals surface area contributed by atoms with Crippen molar-refractivity contribution < 1.29 is 26.7 Å². The Bertz CT molecular complexity index is 1370. The Morgan fingerprint density at radius 3 is 2.06 bits per heavy atom. The van der Waals surface area contributed by atoms with Gasteiger partial charge >= 0.3 is 0 Å². The normalized spacial score (nSPS) is 15.5. The summed E-state index contributed by atoms with van der Waals surface area (Å²) in [7, 11) is 0. The van der Waals surface area contributed by atoms with Gasteiger partial charge in [0.15, 0.2) is 23.3 Å². The van der Waals surface area contributed by atoms with Crippen molar-refractivity contribution in [3.05, 3.63) is 69.7 Å². The third-order valence-electron chi connectivity index (χ3n) is 5.79. The van der Waals surface area contributed by atoms with E-state index in [9.17, 15) is 26.7 Å². The highest BCUT2D eigenvalue weighted by atomic mass is 19.2. The summed E-state index contributed by atoms with van der Waals surface area (Å²) in [5.74, 6) is -11.8. The molecule has 1 aromatic heterocycles. The Hall–Kier alpha value is -3.49. The average molecular weight is 461 g/mol. The number of para-hydroxylation sites is 1. The number of rotatable bonds is 3. The molecule has 0 bridgehead atoms. The predicted octanol–water partition coefficient (Wildman–Crippen LogP) is 6.34. The fourth-order valence-electron chi connectivity index (χ4n) is 4.28.